The molecule has 6 nitrogen and oxygen atoms in total. The van der Waals surface area contributed by atoms with Crippen LogP contribution in [0.2, 0.25) is 0 Å². The third-order valence-electron chi connectivity index (χ3n) is 3.49. The van der Waals surface area contributed by atoms with Gasteiger partial charge in [-0.1, -0.05) is 13.0 Å². The van der Waals surface area contributed by atoms with E-state index in [2.05, 4.69) is 4.90 Å². The molecule has 0 radical (unpaired) electrons. The maximum Gasteiger partial charge on any atom is 0.410 e. The molecule has 1 fully saturated rings. The second kappa shape index (κ2) is 8.17. The molecule has 0 aromatic carbocycles. The van der Waals surface area contributed by atoms with Crippen LogP contribution in [0.5, 0.6) is 0 Å². The van der Waals surface area contributed by atoms with Gasteiger partial charge in [-0.2, -0.15) is 0 Å². The monoisotopic (exact) mass is 312 g/mol. The van der Waals surface area contributed by atoms with Gasteiger partial charge < -0.3 is 14.7 Å². The van der Waals surface area contributed by atoms with Crippen LogP contribution in [-0.4, -0.2) is 65.3 Å². The van der Waals surface area contributed by atoms with Crippen LogP contribution in [0.25, 0.3) is 0 Å². The summed E-state index contributed by atoms with van der Waals surface area (Å²) in [5, 5.41) is 9.03. The second-order valence-corrected chi connectivity index (χ2v) is 6.51. The van der Waals surface area contributed by atoms with E-state index in [4.69, 9.17) is 9.84 Å². The molecule has 0 aromatic heterocycles. The Bertz CT molecular complexity index is 426. The Labute approximate surface area is 132 Å². The van der Waals surface area contributed by atoms with E-state index in [1.165, 1.54) is 0 Å². The van der Waals surface area contributed by atoms with Crippen molar-refractivity contribution in [1.82, 2.24) is 9.80 Å². The van der Waals surface area contributed by atoms with Crippen molar-refractivity contribution >= 4 is 12.1 Å². The summed E-state index contributed by atoms with van der Waals surface area (Å²) in [7, 11) is 0. The number of aliphatic carboxylic acids is 1. The number of carboxylic acid groups (broad SMARTS) is 1. The van der Waals surface area contributed by atoms with Crippen LogP contribution >= 0.6 is 0 Å². The maximum atomic E-state index is 12.1. The van der Waals surface area contributed by atoms with Crippen molar-refractivity contribution in [2.24, 2.45) is 0 Å². The van der Waals surface area contributed by atoms with E-state index in [1.807, 2.05) is 27.7 Å². The third kappa shape index (κ3) is 6.47. The molecular formula is C16H28N2O4. The van der Waals surface area contributed by atoms with E-state index in [0.29, 0.717) is 31.6 Å². The smallest absolute Gasteiger partial charge is 0.410 e. The van der Waals surface area contributed by atoms with Crippen molar-refractivity contribution in [3.63, 3.8) is 0 Å². The molecule has 0 saturated carbocycles. The third-order valence-corrected chi connectivity index (χ3v) is 3.49. The predicted octanol–water partition coefficient (Wildman–Crippen LogP) is 2.35. The molecule has 1 N–H and O–H groups in total. The molecule has 1 aliphatic rings. The van der Waals surface area contributed by atoms with E-state index >= 15 is 0 Å². The van der Waals surface area contributed by atoms with E-state index in [1.54, 1.807) is 11.0 Å². The zero-order chi connectivity index (χ0) is 16.8. The molecule has 22 heavy (non-hydrogen) atoms. The lowest BCUT2D eigenvalue weighted by atomic mass is 10.2. The van der Waals surface area contributed by atoms with Gasteiger partial charge in [-0.25, -0.2) is 9.59 Å². The molecule has 126 valence electrons. The van der Waals surface area contributed by atoms with Gasteiger partial charge in [0, 0.05) is 38.3 Å². The number of carboxylic acids is 1. The van der Waals surface area contributed by atoms with Crippen LogP contribution in [0, 0.1) is 0 Å². The van der Waals surface area contributed by atoms with Crippen LogP contribution in [0.4, 0.5) is 4.79 Å². The fourth-order valence-electron chi connectivity index (χ4n) is 2.28. The van der Waals surface area contributed by atoms with Gasteiger partial charge in [0.15, 0.2) is 0 Å². The zero-order valence-electron chi connectivity index (χ0n) is 14.1. The van der Waals surface area contributed by atoms with E-state index in [-0.39, 0.29) is 6.09 Å². The molecular weight excluding hydrogens is 284 g/mol. The highest BCUT2D eigenvalue weighted by atomic mass is 16.6. The predicted molar refractivity (Wildman–Crippen MR) is 84.9 cm³/mol. The summed E-state index contributed by atoms with van der Waals surface area (Å²) in [4.78, 5) is 27.0. The van der Waals surface area contributed by atoms with Crippen LogP contribution in [0.1, 0.15) is 40.5 Å². The highest BCUT2D eigenvalue weighted by Gasteiger charge is 2.24. The topological polar surface area (TPSA) is 70.1 Å². The fraction of sp³-hybridized carbons (Fsp3) is 0.750. The molecule has 1 rings (SSSR count). The second-order valence-electron chi connectivity index (χ2n) is 6.51. The van der Waals surface area contributed by atoms with Crippen molar-refractivity contribution in [1.29, 1.82) is 0 Å². The summed E-state index contributed by atoms with van der Waals surface area (Å²) in [5.41, 5.74) is -0.0446. The fourth-order valence-corrected chi connectivity index (χ4v) is 2.28. The van der Waals surface area contributed by atoms with Crippen molar-refractivity contribution in [2.45, 2.75) is 46.1 Å². The van der Waals surface area contributed by atoms with Gasteiger partial charge in [0.2, 0.25) is 0 Å². The van der Waals surface area contributed by atoms with Gasteiger partial charge in [-0.05, 0) is 33.6 Å². The molecule has 1 heterocycles. The molecule has 0 aliphatic carbocycles. The van der Waals surface area contributed by atoms with Gasteiger partial charge in [-0.3, -0.25) is 4.90 Å². The van der Waals surface area contributed by atoms with Gasteiger partial charge in [-0.15, -0.1) is 0 Å². The quantitative estimate of drug-likeness (QED) is 0.807. The Morgan fingerprint density at radius 1 is 1.18 bits per heavy atom. The molecule has 0 spiro atoms. The minimum atomic E-state index is -0.854. The van der Waals surface area contributed by atoms with Crippen molar-refractivity contribution in [2.75, 3.05) is 32.7 Å². The van der Waals surface area contributed by atoms with Crippen LogP contribution in [0.15, 0.2) is 11.6 Å². The first-order valence-corrected chi connectivity index (χ1v) is 7.85. The number of ether oxygens (including phenoxy) is 1. The molecule has 1 aliphatic heterocycles. The minimum absolute atomic E-state index is 0.273. The first-order valence-electron chi connectivity index (χ1n) is 7.85. The summed E-state index contributed by atoms with van der Waals surface area (Å²) >= 11 is 0. The highest BCUT2D eigenvalue weighted by molar-refractivity contribution is 5.86. The molecule has 0 atom stereocenters. The molecule has 1 saturated heterocycles. The Balaban J connectivity index is 2.52. The number of hydrogen-bond donors (Lipinski definition) is 1. The SMILES string of the molecule is CCC(=CCN1CCCN(C(=O)OC(C)(C)C)CC1)C(=O)O. The summed E-state index contributed by atoms with van der Waals surface area (Å²) in [6.07, 6.45) is 2.88. The lowest BCUT2D eigenvalue weighted by Gasteiger charge is -2.26. The first kappa shape index (κ1) is 18.5. The number of hydrogen-bond acceptors (Lipinski definition) is 4. The Hall–Kier alpha value is -1.56. The lowest BCUT2D eigenvalue weighted by Crippen LogP contribution is -2.39. The number of rotatable bonds is 4. The van der Waals surface area contributed by atoms with Crippen molar-refractivity contribution in [3.8, 4) is 0 Å². The highest BCUT2D eigenvalue weighted by Crippen LogP contribution is 2.12. The number of carbonyl (C=O) groups excluding carboxylic acids is 1. The summed E-state index contributed by atoms with van der Waals surface area (Å²) in [6.45, 7) is 10.9. The lowest BCUT2D eigenvalue weighted by molar-refractivity contribution is -0.132. The summed E-state index contributed by atoms with van der Waals surface area (Å²) in [5.74, 6) is -0.854. The van der Waals surface area contributed by atoms with Gasteiger partial charge in [0.25, 0.3) is 0 Å². The molecule has 0 bridgehead atoms. The summed E-state index contributed by atoms with van der Waals surface area (Å²) in [6, 6.07) is 0. The Morgan fingerprint density at radius 2 is 1.86 bits per heavy atom. The Morgan fingerprint density at radius 3 is 2.41 bits per heavy atom. The van der Waals surface area contributed by atoms with E-state index in [0.717, 1.165) is 19.5 Å². The van der Waals surface area contributed by atoms with Crippen molar-refractivity contribution < 1.29 is 19.4 Å². The zero-order valence-corrected chi connectivity index (χ0v) is 14.1. The van der Waals surface area contributed by atoms with E-state index < -0.39 is 11.6 Å². The first-order chi connectivity index (χ1) is 10.2. The molecule has 0 unspecified atom stereocenters. The van der Waals surface area contributed by atoms with Crippen LogP contribution < -0.4 is 0 Å². The minimum Gasteiger partial charge on any atom is -0.478 e. The maximum absolute atomic E-state index is 12.1. The summed E-state index contributed by atoms with van der Waals surface area (Å²) < 4.78 is 5.39. The number of carbonyl (C=O) groups is 2. The largest absolute Gasteiger partial charge is 0.478 e. The van der Waals surface area contributed by atoms with Crippen LogP contribution in [-0.2, 0) is 9.53 Å². The van der Waals surface area contributed by atoms with Gasteiger partial charge in [0.1, 0.15) is 5.60 Å². The van der Waals surface area contributed by atoms with Crippen LogP contribution in [0.3, 0.4) is 0 Å². The molecule has 1 amide bonds. The number of nitrogens with zero attached hydrogens (tertiary/aromatic N) is 2. The normalized spacial score (nSPS) is 18.0. The number of amides is 1. The average Bonchev–Trinajstić information content (AvgIpc) is 2.62. The van der Waals surface area contributed by atoms with E-state index in [9.17, 15) is 9.59 Å². The molecule has 6 heteroatoms. The van der Waals surface area contributed by atoms with Crippen molar-refractivity contribution in [3.05, 3.63) is 11.6 Å². The Kier molecular flexibility index (Phi) is 6.87. The van der Waals surface area contributed by atoms with Gasteiger partial charge in [0.05, 0.1) is 0 Å². The van der Waals surface area contributed by atoms with Gasteiger partial charge >= 0.3 is 12.1 Å². The standard InChI is InChI=1S/C16H28N2O4/c1-5-13(14(19)20)7-10-17-8-6-9-18(12-11-17)15(21)22-16(2,3)4/h7H,5-6,8-12H2,1-4H3,(H,19,20). The molecule has 0 aromatic rings. The average molecular weight is 312 g/mol.